The van der Waals surface area contributed by atoms with Crippen LogP contribution in [0, 0.1) is 11.3 Å². The molecule has 13 heavy (non-hydrogen) atoms. The quantitative estimate of drug-likeness (QED) is 0.276. The Balaban J connectivity index is 3.50. The maximum absolute atomic E-state index is 10.8. The Morgan fingerprint density at radius 3 is 2.62 bits per heavy atom. The standard InChI is InChI=1S/C9H13NO3/c1-7(2)12-4-5-13-9(11)8(3)6-10/h7H,3-5H2,1-2H3. The van der Waals surface area contributed by atoms with Crippen molar-refractivity contribution in [2.45, 2.75) is 20.0 Å². The van der Waals surface area contributed by atoms with Crippen LogP contribution in [0.2, 0.25) is 0 Å². The number of esters is 1. The molecule has 0 N–H and O–H groups in total. The zero-order chi connectivity index (χ0) is 10.3. The van der Waals surface area contributed by atoms with Crippen LogP contribution >= 0.6 is 0 Å². The number of ether oxygens (including phenoxy) is 2. The van der Waals surface area contributed by atoms with Crippen molar-refractivity contribution in [3.8, 4) is 6.07 Å². The molecule has 0 heterocycles. The minimum absolute atomic E-state index is 0.109. The van der Waals surface area contributed by atoms with Crippen LogP contribution in [0.5, 0.6) is 0 Å². The fourth-order valence-corrected chi connectivity index (χ4v) is 0.551. The minimum Gasteiger partial charge on any atom is -0.459 e. The molecular weight excluding hydrogens is 170 g/mol. The van der Waals surface area contributed by atoms with Crippen LogP contribution in [0.4, 0.5) is 0 Å². The Morgan fingerprint density at radius 1 is 1.54 bits per heavy atom. The van der Waals surface area contributed by atoms with Gasteiger partial charge in [-0.1, -0.05) is 6.58 Å². The van der Waals surface area contributed by atoms with E-state index in [1.807, 2.05) is 13.8 Å². The molecule has 0 aliphatic heterocycles. The lowest BCUT2D eigenvalue weighted by Crippen LogP contribution is -2.13. The van der Waals surface area contributed by atoms with Crippen LogP contribution in [-0.4, -0.2) is 25.3 Å². The fraction of sp³-hybridized carbons (Fsp3) is 0.556. The van der Waals surface area contributed by atoms with Gasteiger partial charge in [0.1, 0.15) is 18.2 Å². The Kier molecular flexibility index (Phi) is 5.57. The third-order valence-corrected chi connectivity index (χ3v) is 1.15. The molecule has 4 nitrogen and oxygen atoms in total. The molecule has 4 heteroatoms. The van der Waals surface area contributed by atoms with E-state index in [4.69, 9.17) is 10.00 Å². The van der Waals surface area contributed by atoms with E-state index in [-0.39, 0.29) is 18.3 Å². The van der Waals surface area contributed by atoms with Gasteiger partial charge in [-0.15, -0.1) is 0 Å². The summed E-state index contributed by atoms with van der Waals surface area (Å²) >= 11 is 0. The first kappa shape index (κ1) is 11.7. The maximum Gasteiger partial charge on any atom is 0.348 e. The highest BCUT2D eigenvalue weighted by atomic mass is 16.6. The van der Waals surface area contributed by atoms with Gasteiger partial charge in [0.25, 0.3) is 0 Å². The molecule has 72 valence electrons. The van der Waals surface area contributed by atoms with E-state index in [1.165, 1.54) is 0 Å². The van der Waals surface area contributed by atoms with Gasteiger partial charge in [0.05, 0.1) is 12.7 Å². The van der Waals surface area contributed by atoms with Crippen molar-refractivity contribution >= 4 is 5.97 Å². The van der Waals surface area contributed by atoms with Gasteiger partial charge in [-0.2, -0.15) is 5.26 Å². The van der Waals surface area contributed by atoms with Crippen LogP contribution in [0.15, 0.2) is 12.2 Å². The summed E-state index contributed by atoms with van der Waals surface area (Å²) in [4.78, 5) is 10.8. The van der Waals surface area contributed by atoms with E-state index in [0.29, 0.717) is 6.61 Å². The van der Waals surface area contributed by atoms with E-state index < -0.39 is 5.97 Å². The summed E-state index contributed by atoms with van der Waals surface area (Å²) in [7, 11) is 0. The molecule has 0 atom stereocenters. The lowest BCUT2D eigenvalue weighted by molar-refractivity contribution is -0.140. The van der Waals surface area contributed by atoms with E-state index >= 15 is 0 Å². The first-order valence-electron chi connectivity index (χ1n) is 3.95. The zero-order valence-corrected chi connectivity index (χ0v) is 7.87. The molecule has 0 aromatic rings. The molecular formula is C9H13NO3. The second kappa shape index (κ2) is 6.21. The lowest BCUT2D eigenvalue weighted by atomic mass is 10.3. The Hall–Kier alpha value is -1.34. The van der Waals surface area contributed by atoms with E-state index in [0.717, 1.165) is 0 Å². The Bertz CT molecular complexity index is 228. The second-order valence-corrected chi connectivity index (χ2v) is 2.65. The van der Waals surface area contributed by atoms with E-state index in [9.17, 15) is 4.79 Å². The van der Waals surface area contributed by atoms with Crippen molar-refractivity contribution in [2.24, 2.45) is 0 Å². The highest BCUT2D eigenvalue weighted by Gasteiger charge is 2.06. The Morgan fingerprint density at radius 2 is 2.15 bits per heavy atom. The average molecular weight is 183 g/mol. The molecule has 0 rings (SSSR count). The number of nitriles is 1. The summed E-state index contributed by atoms with van der Waals surface area (Å²) in [5.74, 6) is -0.685. The lowest BCUT2D eigenvalue weighted by Gasteiger charge is -2.07. The zero-order valence-electron chi connectivity index (χ0n) is 7.87. The first-order chi connectivity index (χ1) is 6.07. The van der Waals surface area contributed by atoms with Gasteiger partial charge < -0.3 is 9.47 Å². The van der Waals surface area contributed by atoms with Crippen LogP contribution in [0.25, 0.3) is 0 Å². The summed E-state index contributed by atoms with van der Waals surface area (Å²) in [6.07, 6.45) is 0.109. The fourth-order valence-electron chi connectivity index (χ4n) is 0.551. The average Bonchev–Trinajstić information content (AvgIpc) is 2.10. The van der Waals surface area contributed by atoms with Gasteiger partial charge in [0.2, 0.25) is 0 Å². The molecule has 0 aromatic carbocycles. The number of nitrogens with zero attached hydrogens (tertiary/aromatic N) is 1. The summed E-state index contributed by atoms with van der Waals surface area (Å²) < 4.78 is 9.77. The largest absolute Gasteiger partial charge is 0.459 e. The molecule has 0 bridgehead atoms. The van der Waals surface area contributed by atoms with Gasteiger partial charge in [0.15, 0.2) is 0 Å². The Labute approximate surface area is 77.8 Å². The third kappa shape index (κ3) is 5.88. The molecule has 0 spiro atoms. The predicted octanol–water partition coefficient (Wildman–Crippen LogP) is 1.03. The molecule has 0 aliphatic rings. The van der Waals surface area contributed by atoms with Crippen molar-refractivity contribution in [3.63, 3.8) is 0 Å². The number of rotatable bonds is 5. The maximum atomic E-state index is 10.8. The molecule has 0 amide bonds. The number of hydrogen-bond donors (Lipinski definition) is 0. The van der Waals surface area contributed by atoms with Crippen molar-refractivity contribution < 1.29 is 14.3 Å². The number of hydrogen-bond acceptors (Lipinski definition) is 4. The monoisotopic (exact) mass is 183 g/mol. The minimum atomic E-state index is -0.685. The van der Waals surface area contributed by atoms with Crippen molar-refractivity contribution in [2.75, 3.05) is 13.2 Å². The smallest absolute Gasteiger partial charge is 0.348 e. The van der Waals surface area contributed by atoms with E-state index in [2.05, 4.69) is 11.3 Å². The molecule has 0 aromatic heterocycles. The summed E-state index contributed by atoms with van der Waals surface area (Å²) in [5, 5.41) is 8.27. The van der Waals surface area contributed by atoms with Gasteiger partial charge in [-0.3, -0.25) is 0 Å². The molecule has 0 fully saturated rings. The molecule has 0 saturated carbocycles. The summed E-state index contributed by atoms with van der Waals surface area (Å²) in [6.45, 7) is 7.47. The van der Waals surface area contributed by atoms with Gasteiger partial charge in [-0.05, 0) is 13.8 Å². The SMILES string of the molecule is C=C(C#N)C(=O)OCCOC(C)C. The molecule has 0 aliphatic carbocycles. The second-order valence-electron chi connectivity index (χ2n) is 2.65. The normalized spacial score (nSPS) is 9.38. The third-order valence-electron chi connectivity index (χ3n) is 1.15. The topological polar surface area (TPSA) is 59.3 Å². The van der Waals surface area contributed by atoms with Crippen LogP contribution in [0.3, 0.4) is 0 Å². The predicted molar refractivity (Wildman–Crippen MR) is 46.8 cm³/mol. The number of carbonyl (C=O) groups excluding carboxylic acids is 1. The first-order valence-corrected chi connectivity index (χ1v) is 3.95. The van der Waals surface area contributed by atoms with Gasteiger partial charge in [0, 0.05) is 0 Å². The highest BCUT2D eigenvalue weighted by molar-refractivity contribution is 5.91. The van der Waals surface area contributed by atoms with Gasteiger partial charge >= 0.3 is 5.97 Å². The van der Waals surface area contributed by atoms with Crippen molar-refractivity contribution in [3.05, 3.63) is 12.2 Å². The highest BCUT2D eigenvalue weighted by Crippen LogP contribution is 1.93. The number of carbonyl (C=O) groups is 1. The van der Waals surface area contributed by atoms with Crippen molar-refractivity contribution in [1.29, 1.82) is 5.26 Å². The van der Waals surface area contributed by atoms with Crippen LogP contribution in [-0.2, 0) is 14.3 Å². The van der Waals surface area contributed by atoms with Gasteiger partial charge in [-0.25, -0.2) is 4.79 Å². The van der Waals surface area contributed by atoms with Crippen LogP contribution < -0.4 is 0 Å². The molecule has 0 unspecified atom stereocenters. The molecule has 0 saturated heterocycles. The summed E-state index contributed by atoms with van der Waals surface area (Å²) in [5.41, 5.74) is -0.190. The summed E-state index contributed by atoms with van der Waals surface area (Å²) in [6, 6.07) is 1.60. The van der Waals surface area contributed by atoms with E-state index in [1.54, 1.807) is 6.07 Å². The molecule has 0 radical (unpaired) electrons. The van der Waals surface area contributed by atoms with Crippen molar-refractivity contribution in [1.82, 2.24) is 0 Å². The van der Waals surface area contributed by atoms with Crippen LogP contribution in [0.1, 0.15) is 13.8 Å².